The molecule has 0 unspecified atom stereocenters. The van der Waals surface area contributed by atoms with E-state index in [2.05, 4.69) is 24.2 Å². The highest BCUT2D eigenvalue weighted by Crippen LogP contribution is 2.32. The number of anilines is 1. The van der Waals surface area contributed by atoms with Gasteiger partial charge in [0.2, 0.25) is 5.91 Å². The van der Waals surface area contributed by atoms with Crippen LogP contribution in [0.4, 0.5) is 5.69 Å². The van der Waals surface area contributed by atoms with Crippen LogP contribution >= 0.6 is 0 Å². The van der Waals surface area contributed by atoms with Crippen LogP contribution in [-0.2, 0) is 19.1 Å². The number of nitrogens with zero attached hydrogens (tertiary/aromatic N) is 3. The van der Waals surface area contributed by atoms with Crippen LogP contribution in [0.1, 0.15) is 38.7 Å². The molecule has 1 fully saturated rings. The number of hydrogen-bond donors (Lipinski definition) is 1. The van der Waals surface area contributed by atoms with E-state index < -0.39 is 0 Å². The lowest BCUT2D eigenvalue weighted by atomic mass is 10.0. The first kappa shape index (κ1) is 23.9. The molecule has 2 aliphatic heterocycles. The third-order valence-electron chi connectivity index (χ3n) is 5.77. The highest BCUT2D eigenvalue weighted by molar-refractivity contribution is 6.35. The van der Waals surface area contributed by atoms with Gasteiger partial charge in [-0.05, 0) is 37.6 Å². The van der Waals surface area contributed by atoms with Crippen LogP contribution in [0, 0.1) is 0 Å². The Balaban J connectivity index is 1.80. The number of ether oxygens (including phenoxy) is 1. The monoisotopic (exact) mass is 442 g/mol. The summed E-state index contributed by atoms with van der Waals surface area (Å²) in [5.41, 5.74) is 2.28. The molecule has 0 saturated carbocycles. The van der Waals surface area contributed by atoms with Crippen molar-refractivity contribution >= 4 is 29.0 Å². The second kappa shape index (κ2) is 11.2. The van der Waals surface area contributed by atoms with E-state index >= 15 is 0 Å². The van der Waals surface area contributed by atoms with Gasteiger partial charge >= 0.3 is 0 Å². The Kier molecular flexibility index (Phi) is 8.41. The largest absolute Gasteiger partial charge is 0.381 e. The van der Waals surface area contributed by atoms with Gasteiger partial charge in [0.25, 0.3) is 11.8 Å². The fourth-order valence-electron chi connectivity index (χ4n) is 3.95. The number of unbranched alkanes of at least 4 members (excludes halogenated alkanes) is 1. The molecule has 2 aliphatic rings. The van der Waals surface area contributed by atoms with Gasteiger partial charge in [0, 0.05) is 58.5 Å². The molecule has 0 spiro atoms. The van der Waals surface area contributed by atoms with Gasteiger partial charge in [-0.3, -0.25) is 19.3 Å². The first-order valence-electron chi connectivity index (χ1n) is 11.4. The average molecular weight is 443 g/mol. The molecule has 0 aliphatic carbocycles. The number of rotatable bonds is 10. The summed E-state index contributed by atoms with van der Waals surface area (Å²) in [6, 6.07) is 7.10. The van der Waals surface area contributed by atoms with Gasteiger partial charge in [-0.2, -0.15) is 0 Å². The Labute approximate surface area is 190 Å². The van der Waals surface area contributed by atoms with Crippen LogP contribution in [-0.4, -0.2) is 85.4 Å². The molecule has 0 radical (unpaired) electrons. The molecular weight excluding hydrogens is 408 g/mol. The smallest absolute Gasteiger partial charge is 0.277 e. The van der Waals surface area contributed by atoms with Crippen molar-refractivity contribution in [2.45, 2.75) is 33.1 Å². The van der Waals surface area contributed by atoms with Crippen LogP contribution in [0.5, 0.6) is 0 Å². The number of benzene rings is 1. The van der Waals surface area contributed by atoms with Crippen molar-refractivity contribution in [3.05, 3.63) is 35.5 Å². The number of imide groups is 1. The number of carbonyl (C=O) groups is 3. The van der Waals surface area contributed by atoms with E-state index in [4.69, 9.17) is 4.74 Å². The zero-order valence-electron chi connectivity index (χ0n) is 19.4. The molecule has 0 bridgehead atoms. The lowest BCUT2D eigenvalue weighted by molar-refractivity contribution is -0.137. The predicted octanol–water partition coefficient (Wildman–Crippen LogP) is 2.18. The minimum Gasteiger partial charge on any atom is -0.381 e. The van der Waals surface area contributed by atoms with E-state index in [9.17, 15) is 14.4 Å². The van der Waals surface area contributed by atoms with Crippen LogP contribution in [0.25, 0.3) is 5.57 Å². The zero-order chi connectivity index (χ0) is 23.1. The lowest BCUT2D eigenvalue weighted by Gasteiger charge is -2.34. The molecule has 1 saturated heterocycles. The van der Waals surface area contributed by atoms with E-state index in [-0.39, 0.29) is 17.7 Å². The third kappa shape index (κ3) is 5.75. The Bertz CT molecular complexity index is 857. The van der Waals surface area contributed by atoms with E-state index in [1.165, 1.54) is 11.8 Å². The van der Waals surface area contributed by atoms with E-state index in [0.29, 0.717) is 61.8 Å². The van der Waals surface area contributed by atoms with Gasteiger partial charge in [0.1, 0.15) is 5.70 Å². The van der Waals surface area contributed by atoms with Crippen molar-refractivity contribution in [3.8, 4) is 0 Å². The molecule has 1 aromatic carbocycles. The quantitative estimate of drug-likeness (QED) is 0.442. The molecule has 2 heterocycles. The fourth-order valence-corrected chi connectivity index (χ4v) is 3.95. The standard InChI is InChI=1S/C24H34N4O4/c1-4-5-16-32-17-6-11-28-23(30)21(19-7-9-20(10-8-19)25-18(2)29)22(24(28)31)27-14-12-26(3)13-15-27/h7-10H,4-6,11-17H2,1-3H3,(H,25,29). The number of carbonyl (C=O) groups excluding carboxylic acids is 3. The molecule has 3 rings (SSSR count). The minimum atomic E-state index is -0.259. The van der Waals surface area contributed by atoms with Gasteiger partial charge < -0.3 is 19.9 Å². The Hall–Kier alpha value is -2.71. The number of hydrogen-bond acceptors (Lipinski definition) is 6. The summed E-state index contributed by atoms with van der Waals surface area (Å²) in [7, 11) is 2.06. The maximum atomic E-state index is 13.4. The van der Waals surface area contributed by atoms with Crippen molar-refractivity contribution in [1.82, 2.24) is 14.7 Å². The van der Waals surface area contributed by atoms with Crippen molar-refractivity contribution in [1.29, 1.82) is 0 Å². The van der Waals surface area contributed by atoms with Crippen LogP contribution in [0.15, 0.2) is 30.0 Å². The first-order valence-corrected chi connectivity index (χ1v) is 11.4. The molecule has 0 atom stereocenters. The van der Waals surface area contributed by atoms with E-state index in [1.807, 2.05) is 4.90 Å². The molecule has 8 nitrogen and oxygen atoms in total. The number of likely N-dealkylation sites (N-methyl/N-ethyl adjacent to an activating group) is 1. The number of piperazine rings is 1. The number of amides is 3. The summed E-state index contributed by atoms with van der Waals surface area (Å²) in [5.74, 6) is -0.645. The van der Waals surface area contributed by atoms with Gasteiger partial charge in [0.15, 0.2) is 0 Å². The summed E-state index contributed by atoms with van der Waals surface area (Å²) in [5, 5.41) is 2.73. The highest BCUT2D eigenvalue weighted by Gasteiger charge is 2.41. The Morgan fingerprint density at radius 2 is 1.66 bits per heavy atom. The Morgan fingerprint density at radius 1 is 1.00 bits per heavy atom. The Morgan fingerprint density at radius 3 is 2.28 bits per heavy atom. The summed E-state index contributed by atoms with van der Waals surface area (Å²) in [6.07, 6.45) is 2.70. The van der Waals surface area contributed by atoms with Crippen molar-refractivity contribution in [2.75, 3.05) is 58.3 Å². The minimum absolute atomic E-state index is 0.158. The molecule has 3 amide bonds. The second-order valence-corrected chi connectivity index (χ2v) is 8.35. The van der Waals surface area contributed by atoms with Crippen molar-refractivity contribution in [3.63, 3.8) is 0 Å². The van der Waals surface area contributed by atoms with E-state index in [0.717, 1.165) is 25.9 Å². The first-order chi connectivity index (χ1) is 15.4. The van der Waals surface area contributed by atoms with Crippen molar-refractivity contribution < 1.29 is 19.1 Å². The molecule has 1 N–H and O–H groups in total. The predicted molar refractivity (Wildman–Crippen MR) is 124 cm³/mol. The summed E-state index contributed by atoms with van der Waals surface area (Å²) >= 11 is 0. The summed E-state index contributed by atoms with van der Waals surface area (Å²) in [6.45, 7) is 8.21. The average Bonchev–Trinajstić information content (AvgIpc) is 3.01. The normalized spacial score (nSPS) is 17.5. The van der Waals surface area contributed by atoms with Gasteiger partial charge in [-0.1, -0.05) is 25.5 Å². The summed E-state index contributed by atoms with van der Waals surface area (Å²) < 4.78 is 5.60. The molecule has 32 heavy (non-hydrogen) atoms. The molecular formula is C24H34N4O4. The second-order valence-electron chi connectivity index (χ2n) is 8.35. The van der Waals surface area contributed by atoms with E-state index in [1.54, 1.807) is 24.3 Å². The van der Waals surface area contributed by atoms with Gasteiger partial charge in [-0.25, -0.2) is 0 Å². The fraction of sp³-hybridized carbons (Fsp3) is 0.542. The maximum absolute atomic E-state index is 13.4. The molecule has 0 aromatic heterocycles. The van der Waals surface area contributed by atoms with Crippen LogP contribution < -0.4 is 5.32 Å². The van der Waals surface area contributed by atoms with Crippen molar-refractivity contribution in [2.24, 2.45) is 0 Å². The van der Waals surface area contributed by atoms with Gasteiger partial charge in [-0.15, -0.1) is 0 Å². The van der Waals surface area contributed by atoms with Crippen LogP contribution in [0.3, 0.4) is 0 Å². The molecule has 1 aromatic rings. The third-order valence-corrected chi connectivity index (χ3v) is 5.77. The lowest BCUT2D eigenvalue weighted by Crippen LogP contribution is -2.46. The molecule has 8 heteroatoms. The SMILES string of the molecule is CCCCOCCCN1C(=O)C(c2ccc(NC(C)=O)cc2)=C(N2CCN(C)CC2)C1=O. The van der Waals surface area contributed by atoms with Gasteiger partial charge in [0.05, 0.1) is 5.57 Å². The van der Waals surface area contributed by atoms with Crippen LogP contribution in [0.2, 0.25) is 0 Å². The number of nitrogens with one attached hydrogen (secondary N) is 1. The highest BCUT2D eigenvalue weighted by atomic mass is 16.5. The summed E-state index contributed by atoms with van der Waals surface area (Å²) in [4.78, 5) is 43.6. The maximum Gasteiger partial charge on any atom is 0.277 e. The molecule has 174 valence electrons. The zero-order valence-corrected chi connectivity index (χ0v) is 19.4. The topological polar surface area (TPSA) is 82.2 Å².